The zero-order valence-corrected chi connectivity index (χ0v) is 6.71. The molecule has 0 aliphatic rings. The fourth-order valence-corrected chi connectivity index (χ4v) is 0.377. The fraction of sp³-hybridized carbons (Fsp3) is 0.143. The highest BCUT2D eigenvalue weighted by Crippen LogP contribution is 2.13. The maximum atomic E-state index is 10.6. The van der Waals surface area contributed by atoms with Crippen molar-refractivity contribution >= 4 is 5.97 Å². The van der Waals surface area contributed by atoms with Gasteiger partial charge in [-0.05, 0) is 6.07 Å². The highest BCUT2D eigenvalue weighted by Gasteiger charge is 2.38. The molecule has 0 radical (unpaired) electrons. The maximum absolute atomic E-state index is 10.6. The third-order valence-corrected chi connectivity index (χ3v) is 0.923. The number of H-pyrrole nitrogens is 1. The minimum atomic E-state index is -5.08. The zero-order valence-electron chi connectivity index (χ0n) is 6.71. The van der Waals surface area contributed by atoms with Crippen LogP contribution in [0.4, 0.5) is 13.2 Å². The van der Waals surface area contributed by atoms with Gasteiger partial charge in [-0.2, -0.15) is 13.2 Å². The molecule has 1 aromatic rings. The molecule has 0 aliphatic carbocycles. The van der Waals surface area contributed by atoms with E-state index in [9.17, 15) is 18.0 Å². The largest absolute Gasteiger partial charge is 0.490 e. The van der Waals surface area contributed by atoms with Crippen molar-refractivity contribution in [3.8, 4) is 0 Å². The van der Waals surface area contributed by atoms with Crippen molar-refractivity contribution in [2.45, 2.75) is 6.18 Å². The summed E-state index contributed by atoms with van der Waals surface area (Å²) in [6.45, 7) is 0. The molecule has 14 heavy (non-hydrogen) atoms. The summed E-state index contributed by atoms with van der Waals surface area (Å²) < 4.78 is 31.7. The van der Waals surface area contributed by atoms with E-state index in [1.54, 1.807) is 18.3 Å². The van der Waals surface area contributed by atoms with Gasteiger partial charge in [0.15, 0.2) is 0 Å². The third kappa shape index (κ3) is 5.81. The smallest absolute Gasteiger partial charge is 0.475 e. The first-order valence-electron chi connectivity index (χ1n) is 3.28. The highest BCUT2D eigenvalue weighted by atomic mass is 19.4. The minimum absolute atomic E-state index is 0.0532. The lowest BCUT2D eigenvalue weighted by molar-refractivity contribution is -0.192. The average Bonchev–Trinajstić information content (AvgIpc) is 2.04. The number of carboxylic acid groups (broad SMARTS) is 1. The Balaban J connectivity index is 0.000000241. The summed E-state index contributed by atoms with van der Waals surface area (Å²) in [5.74, 6) is -2.76. The van der Waals surface area contributed by atoms with E-state index in [0.717, 1.165) is 0 Å². The molecule has 1 heterocycles. The number of halogens is 3. The van der Waals surface area contributed by atoms with Gasteiger partial charge in [-0.15, -0.1) is 0 Å². The Hall–Kier alpha value is -1.79. The Bertz CT molecular complexity index is 327. The van der Waals surface area contributed by atoms with Gasteiger partial charge in [0, 0.05) is 12.3 Å². The Morgan fingerprint density at radius 2 is 1.86 bits per heavy atom. The summed E-state index contributed by atoms with van der Waals surface area (Å²) in [6.07, 6.45) is -3.48. The van der Waals surface area contributed by atoms with Crippen LogP contribution in [-0.2, 0) is 4.79 Å². The molecule has 4 nitrogen and oxygen atoms in total. The van der Waals surface area contributed by atoms with Gasteiger partial charge in [0.2, 0.25) is 5.56 Å². The molecule has 0 aromatic carbocycles. The molecule has 1 rings (SSSR count). The number of nitrogens with one attached hydrogen (secondary N) is 1. The standard InChI is InChI=1S/C5H5NO.C2HF3O2/c7-5-3-1-2-4-6-5;3-2(4,5)1(6)7/h1-4H,(H,6,7);(H,6,7). The van der Waals surface area contributed by atoms with Crippen molar-refractivity contribution in [1.82, 2.24) is 4.98 Å². The average molecular weight is 209 g/mol. The number of hydrogen-bond donors (Lipinski definition) is 2. The first-order valence-corrected chi connectivity index (χ1v) is 3.28. The van der Waals surface area contributed by atoms with Crippen LogP contribution in [0.2, 0.25) is 0 Å². The van der Waals surface area contributed by atoms with Crippen LogP contribution >= 0.6 is 0 Å². The quantitative estimate of drug-likeness (QED) is 0.669. The number of aromatic nitrogens is 1. The second-order valence-corrected chi connectivity index (χ2v) is 2.03. The van der Waals surface area contributed by atoms with Crippen molar-refractivity contribution in [2.75, 3.05) is 0 Å². The lowest BCUT2D eigenvalue weighted by Crippen LogP contribution is -2.21. The van der Waals surface area contributed by atoms with Gasteiger partial charge in [-0.1, -0.05) is 6.07 Å². The van der Waals surface area contributed by atoms with Crippen LogP contribution in [0.15, 0.2) is 29.2 Å². The topological polar surface area (TPSA) is 70.2 Å². The zero-order chi connectivity index (χ0) is 11.2. The second-order valence-electron chi connectivity index (χ2n) is 2.03. The summed E-state index contributed by atoms with van der Waals surface area (Å²) >= 11 is 0. The van der Waals surface area contributed by atoms with Crippen molar-refractivity contribution in [3.63, 3.8) is 0 Å². The normalized spacial score (nSPS) is 9.93. The number of pyridine rings is 1. The summed E-state index contributed by atoms with van der Waals surface area (Å²) in [6, 6.07) is 4.93. The molecular weight excluding hydrogens is 203 g/mol. The predicted molar refractivity (Wildman–Crippen MR) is 40.8 cm³/mol. The lowest BCUT2D eigenvalue weighted by atomic mass is 10.5. The number of hydrogen-bond acceptors (Lipinski definition) is 2. The number of rotatable bonds is 0. The molecule has 0 aliphatic heterocycles. The molecule has 0 unspecified atom stereocenters. The maximum Gasteiger partial charge on any atom is 0.490 e. The molecular formula is C7H6F3NO3. The van der Waals surface area contributed by atoms with Crippen LogP contribution in [0.3, 0.4) is 0 Å². The SMILES string of the molecule is O=C(O)C(F)(F)F.O=c1cccc[nH]1. The molecule has 0 atom stereocenters. The summed E-state index contributed by atoms with van der Waals surface area (Å²) in [7, 11) is 0. The Morgan fingerprint density at radius 3 is 2.00 bits per heavy atom. The van der Waals surface area contributed by atoms with E-state index in [1.165, 1.54) is 6.07 Å². The molecule has 78 valence electrons. The van der Waals surface area contributed by atoms with Gasteiger partial charge >= 0.3 is 12.1 Å². The van der Waals surface area contributed by atoms with Crippen LogP contribution in [0, 0.1) is 0 Å². The Kier molecular flexibility index (Phi) is 4.41. The van der Waals surface area contributed by atoms with E-state index in [0.29, 0.717) is 0 Å². The molecule has 0 saturated carbocycles. The molecule has 0 amide bonds. The Labute approximate surface area is 76.0 Å². The van der Waals surface area contributed by atoms with Gasteiger partial charge in [-0.25, -0.2) is 4.79 Å². The Morgan fingerprint density at radius 1 is 1.36 bits per heavy atom. The molecule has 0 fully saturated rings. The first kappa shape index (κ1) is 12.2. The van der Waals surface area contributed by atoms with E-state index < -0.39 is 12.1 Å². The fourth-order valence-electron chi connectivity index (χ4n) is 0.377. The van der Waals surface area contributed by atoms with Crippen molar-refractivity contribution in [3.05, 3.63) is 34.7 Å². The summed E-state index contributed by atoms with van der Waals surface area (Å²) in [5, 5.41) is 7.12. The second kappa shape index (κ2) is 5.05. The monoisotopic (exact) mass is 209 g/mol. The van der Waals surface area contributed by atoms with Gasteiger partial charge in [0.05, 0.1) is 0 Å². The van der Waals surface area contributed by atoms with E-state index in [-0.39, 0.29) is 5.56 Å². The highest BCUT2D eigenvalue weighted by molar-refractivity contribution is 5.73. The van der Waals surface area contributed by atoms with Gasteiger partial charge in [0.25, 0.3) is 0 Å². The predicted octanol–water partition coefficient (Wildman–Crippen LogP) is 1.01. The number of aliphatic carboxylic acids is 1. The van der Waals surface area contributed by atoms with Gasteiger partial charge < -0.3 is 10.1 Å². The molecule has 1 aromatic heterocycles. The van der Waals surface area contributed by atoms with Crippen molar-refractivity contribution < 1.29 is 23.1 Å². The van der Waals surface area contributed by atoms with E-state index in [1.807, 2.05) is 0 Å². The minimum Gasteiger partial charge on any atom is -0.475 e. The van der Waals surface area contributed by atoms with E-state index >= 15 is 0 Å². The van der Waals surface area contributed by atoms with Gasteiger partial charge in [0.1, 0.15) is 0 Å². The third-order valence-electron chi connectivity index (χ3n) is 0.923. The number of carboxylic acids is 1. The molecule has 2 N–H and O–H groups in total. The van der Waals surface area contributed by atoms with Crippen LogP contribution in [0.5, 0.6) is 0 Å². The molecule has 0 saturated heterocycles. The molecule has 0 spiro atoms. The van der Waals surface area contributed by atoms with Crippen molar-refractivity contribution in [2.24, 2.45) is 0 Å². The summed E-state index contributed by atoms with van der Waals surface area (Å²) in [4.78, 5) is 21.6. The lowest BCUT2D eigenvalue weighted by Gasteiger charge is -1.93. The number of aromatic amines is 1. The van der Waals surface area contributed by atoms with Crippen LogP contribution in [0.25, 0.3) is 0 Å². The van der Waals surface area contributed by atoms with Crippen LogP contribution < -0.4 is 5.56 Å². The molecule has 7 heteroatoms. The summed E-state index contributed by atoms with van der Waals surface area (Å²) in [5.41, 5.74) is -0.0532. The number of alkyl halides is 3. The van der Waals surface area contributed by atoms with Crippen LogP contribution in [-0.4, -0.2) is 22.2 Å². The van der Waals surface area contributed by atoms with Crippen LogP contribution in [0.1, 0.15) is 0 Å². The molecule has 0 bridgehead atoms. The van der Waals surface area contributed by atoms with Crippen molar-refractivity contribution in [1.29, 1.82) is 0 Å². The van der Waals surface area contributed by atoms with E-state index in [2.05, 4.69) is 4.98 Å². The number of carbonyl (C=O) groups is 1. The van der Waals surface area contributed by atoms with E-state index in [4.69, 9.17) is 9.90 Å². The van der Waals surface area contributed by atoms with Gasteiger partial charge in [-0.3, -0.25) is 4.79 Å². The first-order chi connectivity index (χ1) is 6.34.